The lowest BCUT2D eigenvalue weighted by molar-refractivity contribution is -0.117. The highest BCUT2D eigenvalue weighted by Crippen LogP contribution is 2.33. The van der Waals surface area contributed by atoms with E-state index < -0.39 is 0 Å². The molecule has 1 fully saturated rings. The summed E-state index contributed by atoms with van der Waals surface area (Å²) >= 11 is 5.98. The number of benzene rings is 1. The van der Waals surface area contributed by atoms with Crippen molar-refractivity contribution in [2.24, 2.45) is 11.7 Å². The Bertz CT molecular complexity index is 461. The van der Waals surface area contributed by atoms with Gasteiger partial charge in [0.1, 0.15) is 0 Å². The second kappa shape index (κ2) is 4.55. The molecule has 5 heteroatoms. The Morgan fingerprint density at radius 2 is 2.24 bits per heavy atom. The molecule has 1 amide bonds. The zero-order chi connectivity index (χ0) is 12.6. The van der Waals surface area contributed by atoms with E-state index in [0.29, 0.717) is 30.2 Å². The number of rotatable bonds is 2. The first-order valence-corrected chi connectivity index (χ1v) is 5.96. The number of nitrogens with two attached hydrogens (primary N) is 2. The average molecular weight is 254 g/mol. The predicted octanol–water partition coefficient (Wildman–Crippen LogP) is 1.54. The third kappa shape index (κ3) is 2.23. The van der Waals surface area contributed by atoms with Crippen LogP contribution in [0.2, 0.25) is 5.02 Å². The molecule has 4 N–H and O–H groups in total. The summed E-state index contributed by atoms with van der Waals surface area (Å²) in [5.41, 5.74) is 13.7. The van der Waals surface area contributed by atoms with E-state index in [1.54, 1.807) is 11.0 Å². The van der Waals surface area contributed by atoms with Crippen molar-refractivity contribution in [3.63, 3.8) is 0 Å². The smallest absolute Gasteiger partial charge is 0.227 e. The first kappa shape index (κ1) is 12.2. The van der Waals surface area contributed by atoms with Crippen molar-refractivity contribution < 1.29 is 4.79 Å². The highest BCUT2D eigenvalue weighted by atomic mass is 35.5. The normalized spacial score (nSPS) is 20.1. The van der Waals surface area contributed by atoms with Gasteiger partial charge in [0.15, 0.2) is 0 Å². The molecule has 1 saturated heterocycles. The molecule has 0 aliphatic carbocycles. The van der Waals surface area contributed by atoms with Gasteiger partial charge in [-0.25, -0.2) is 0 Å². The highest BCUT2D eigenvalue weighted by molar-refractivity contribution is 6.31. The number of carbonyl (C=O) groups excluding carboxylic acids is 1. The second-order valence-electron chi connectivity index (χ2n) is 4.47. The van der Waals surface area contributed by atoms with E-state index in [0.717, 1.165) is 11.3 Å². The molecule has 1 aromatic rings. The van der Waals surface area contributed by atoms with Crippen LogP contribution < -0.4 is 16.4 Å². The summed E-state index contributed by atoms with van der Waals surface area (Å²) in [5.74, 6) is 0.298. The van der Waals surface area contributed by atoms with E-state index in [-0.39, 0.29) is 11.8 Å². The van der Waals surface area contributed by atoms with Crippen molar-refractivity contribution in [3.05, 3.63) is 22.7 Å². The van der Waals surface area contributed by atoms with Gasteiger partial charge in [-0.1, -0.05) is 11.6 Å². The maximum absolute atomic E-state index is 11.9. The van der Waals surface area contributed by atoms with Crippen LogP contribution in [0.5, 0.6) is 0 Å². The minimum atomic E-state index is 0.0777. The molecule has 1 aliphatic heterocycles. The number of anilines is 2. The SMILES string of the molecule is Cc1cc(N2CC(CN)CC2=O)c(N)cc1Cl. The Balaban J connectivity index is 2.35. The molecule has 0 spiro atoms. The van der Waals surface area contributed by atoms with Gasteiger partial charge in [-0.2, -0.15) is 0 Å². The van der Waals surface area contributed by atoms with Gasteiger partial charge in [0.2, 0.25) is 5.91 Å². The highest BCUT2D eigenvalue weighted by Gasteiger charge is 2.30. The topological polar surface area (TPSA) is 72.3 Å². The minimum absolute atomic E-state index is 0.0777. The van der Waals surface area contributed by atoms with Crippen molar-refractivity contribution >= 4 is 28.9 Å². The van der Waals surface area contributed by atoms with Gasteiger partial charge in [0, 0.05) is 18.0 Å². The van der Waals surface area contributed by atoms with E-state index in [2.05, 4.69) is 0 Å². The Morgan fingerprint density at radius 1 is 1.53 bits per heavy atom. The maximum Gasteiger partial charge on any atom is 0.227 e. The van der Waals surface area contributed by atoms with E-state index in [1.807, 2.05) is 13.0 Å². The van der Waals surface area contributed by atoms with E-state index in [9.17, 15) is 4.79 Å². The number of aryl methyl sites for hydroxylation is 1. The number of hydrogen-bond donors (Lipinski definition) is 2. The van der Waals surface area contributed by atoms with Gasteiger partial charge in [0.25, 0.3) is 0 Å². The zero-order valence-corrected chi connectivity index (χ0v) is 10.5. The summed E-state index contributed by atoms with van der Waals surface area (Å²) in [4.78, 5) is 13.6. The molecule has 0 bridgehead atoms. The third-order valence-corrected chi connectivity index (χ3v) is 3.54. The first-order chi connectivity index (χ1) is 8.02. The molecule has 4 nitrogen and oxygen atoms in total. The summed E-state index contributed by atoms with van der Waals surface area (Å²) in [6, 6.07) is 3.55. The van der Waals surface area contributed by atoms with Gasteiger partial charge in [0.05, 0.1) is 11.4 Å². The van der Waals surface area contributed by atoms with Crippen LogP contribution in [0, 0.1) is 12.8 Å². The molecule has 1 atom stereocenters. The molecule has 1 unspecified atom stereocenters. The molecule has 2 rings (SSSR count). The fraction of sp³-hybridized carbons (Fsp3) is 0.417. The number of amides is 1. The van der Waals surface area contributed by atoms with E-state index in [1.165, 1.54) is 0 Å². The van der Waals surface area contributed by atoms with Crippen LogP contribution >= 0.6 is 11.6 Å². The van der Waals surface area contributed by atoms with Crippen molar-refractivity contribution in [1.29, 1.82) is 0 Å². The Hall–Kier alpha value is -1.26. The molecule has 1 aromatic carbocycles. The molecule has 92 valence electrons. The molecular formula is C12H16ClN3O. The van der Waals surface area contributed by atoms with Crippen LogP contribution in [0.25, 0.3) is 0 Å². The van der Waals surface area contributed by atoms with Crippen molar-refractivity contribution in [2.45, 2.75) is 13.3 Å². The van der Waals surface area contributed by atoms with Crippen LogP contribution in [0.1, 0.15) is 12.0 Å². The Kier molecular flexibility index (Phi) is 3.26. The molecule has 17 heavy (non-hydrogen) atoms. The van der Waals surface area contributed by atoms with Crippen LogP contribution in [-0.4, -0.2) is 19.0 Å². The van der Waals surface area contributed by atoms with Crippen LogP contribution in [0.4, 0.5) is 11.4 Å². The number of nitrogens with zero attached hydrogens (tertiary/aromatic N) is 1. The quantitative estimate of drug-likeness (QED) is 0.786. The lowest BCUT2D eigenvalue weighted by Gasteiger charge is -2.19. The predicted molar refractivity (Wildman–Crippen MR) is 70.1 cm³/mol. The first-order valence-electron chi connectivity index (χ1n) is 5.59. The van der Waals surface area contributed by atoms with Crippen LogP contribution in [-0.2, 0) is 4.79 Å². The van der Waals surface area contributed by atoms with Gasteiger partial charge >= 0.3 is 0 Å². The zero-order valence-electron chi connectivity index (χ0n) is 9.74. The molecule has 0 saturated carbocycles. The van der Waals surface area contributed by atoms with Gasteiger partial charge in [-0.15, -0.1) is 0 Å². The van der Waals surface area contributed by atoms with Gasteiger partial charge in [-0.05, 0) is 37.1 Å². The number of carbonyl (C=O) groups is 1. The number of halogens is 1. The molecule has 0 aromatic heterocycles. The maximum atomic E-state index is 11.9. The lowest BCUT2D eigenvalue weighted by Crippen LogP contribution is -2.26. The molecular weight excluding hydrogens is 238 g/mol. The summed E-state index contributed by atoms with van der Waals surface area (Å²) in [6.07, 6.45) is 0.498. The summed E-state index contributed by atoms with van der Waals surface area (Å²) in [5, 5.41) is 0.619. The summed E-state index contributed by atoms with van der Waals surface area (Å²) < 4.78 is 0. The van der Waals surface area contributed by atoms with Crippen molar-refractivity contribution in [2.75, 3.05) is 23.7 Å². The minimum Gasteiger partial charge on any atom is -0.397 e. The lowest BCUT2D eigenvalue weighted by atomic mass is 10.1. The molecule has 0 radical (unpaired) electrons. The average Bonchev–Trinajstić information content (AvgIpc) is 2.65. The van der Waals surface area contributed by atoms with Crippen molar-refractivity contribution in [1.82, 2.24) is 0 Å². The largest absolute Gasteiger partial charge is 0.397 e. The van der Waals surface area contributed by atoms with Crippen LogP contribution in [0.3, 0.4) is 0 Å². The Labute approximate surface area is 106 Å². The third-order valence-electron chi connectivity index (χ3n) is 3.14. The van der Waals surface area contributed by atoms with E-state index in [4.69, 9.17) is 23.1 Å². The standard InChI is InChI=1S/C12H16ClN3O/c1-7-2-11(10(15)4-9(7)13)16-6-8(5-14)3-12(16)17/h2,4,8H,3,5-6,14-15H2,1H3. The Morgan fingerprint density at radius 3 is 2.82 bits per heavy atom. The number of hydrogen-bond acceptors (Lipinski definition) is 3. The van der Waals surface area contributed by atoms with Gasteiger partial charge in [-0.3, -0.25) is 4.79 Å². The second-order valence-corrected chi connectivity index (χ2v) is 4.88. The fourth-order valence-electron chi connectivity index (χ4n) is 2.09. The molecule has 1 heterocycles. The monoisotopic (exact) mass is 253 g/mol. The van der Waals surface area contributed by atoms with E-state index >= 15 is 0 Å². The number of nitrogen functional groups attached to an aromatic ring is 1. The fourth-order valence-corrected chi connectivity index (χ4v) is 2.26. The van der Waals surface area contributed by atoms with Crippen LogP contribution in [0.15, 0.2) is 12.1 Å². The summed E-state index contributed by atoms with van der Waals surface area (Å²) in [7, 11) is 0. The van der Waals surface area contributed by atoms with Crippen molar-refractivity contribution in [3.8, 4) is 0 Å². The molecule has 1 aliphatic rings. The van der Waals surface area contributed by atoms with Gasteiger partial charge < -0.3 is 16.4 Å². The summed E-state index contributed by atoms with van der Waals surface area (Å²) in [6.45, 7) is 3.06.